The quantitative estimate of drug-likeness (QED) is 0.782. The second-order valence-electron chi connectivity index (χ2n) is 5.21. The minimum Gasteiger partial charge on any atom is -0.399 e. The predicted octanol–water partition coefficient (Wildman–Crippen LogP) is 4.54. The van der Waals surface area contributed by atoms with Crippen LogP contribution in [0.5, 0.6) is 0 Å². The third-order valence-corrected chi connectivity index (χ3v) is 3.51. The first-order chi connectivity index (χ1) is 8.58. The Bertz CT molecular complexity index is 511. The molecule has 0 heterocycles. The molecular formula is C17H21N. The van der Waals surface area contributed by atoms with Gasteiger partial charge in [0, 0.05) is 11.6 Å². The fourth-order valence-electron chi connectivity index (χ4n) is 2.19. The van der Waals surface area contributed by atoms with Crippen LogP contribution in [-0.2, 0) is 0 Å². The van der Waals surface area contributed by atoms with E-state index in [1.54, 1.807) is 0 Å². The molecule has 0 saturated carbocycles. The molecule has 0 aliphatic rings. The number of nitrogen functional groups attached to an aromatic ring is 1. The lowest BCUT2D eigenvalue weighted by atomic mass is 9.91. The van der Waals surface area contributed by atoms with Crippen molar-refractivity contribution >= 4 is 5.69 Å². The van der Waals surface area contributed by atoms with Gasteiger partial charge in [0.1, 0.15) is 0 Å². The Balaban J connectivity index is 2.26. The molecular weight excluding hydrogens is 218 g/mol. The van der Waals surface area contributed by atoms with Crippen molar-refractivity contribution in [2.24, 2.45) is 0 Å². The molecule has 2 rings (SSSR count). The van der Waals surface area contributed by atoms with Gasteiger partial charge in [0.2, 0.25) is 0 Å². The van der Waals surface area contributed by atoms with Crippen molar-refractivity contribution in [2.75, 3.05) is 5.73 Å². The normalized spacial score (nSPS) is 12.7. The zero-order valence-corrected chi connectivity index (χ0v) is 11.4. The number of benzene rings is 2. The summed E-state index contributed by atoms with van der Waals surface area (Å²) in [5, 5.41) is 0. The van der Waals surface area contributed by atoms with E-state index >= 15 is 0 Å². The van der Waals surface area contributed by atoms with Crippen molar-refractivity contribution in [3.8, 4) is 0 Å². The molecule has 0 aliphatic carbocycles. The minimum atomic E-state index is 0.384. The number of hydrogen-bond acceptors (Lipinski definition) is 1. The Kier molecular flexibility index (Phi) is 3.71. The summed E-state index contributed by atoms with van der Waals surface area (Å²) < 4.78 is 0. The molecule has 0 bridgehead atoms. The lowest BCUT2D eigenvalue weighted by Gasteiger charge is -2.14. The van der Waals surface area contributed by atoms with Crippen LogP contribution in [0.3, 0.4) is 0 Å². The summed E-state index contributed by atoms with van der Waals surface area (Å²) in [6.07, 6.45) is 0. The van der Waals surface area contributed by atoms with E-state index in [2.05, 4.69) is 57.2 Å². The highest BCUT2D eigenvalue weighted by Gasteiger charge is 2.09. The van der Waals surface area contributed by atoms with Gasteiger partial charge in [-0.2, -0.15) is 0 Å². The highest BCUT2D eigenvalue weighted by atomic mass is 14.5. The fraction of sp³-hybridized carbons (Fsp3) is 0.294. The fourth-order valence-corrected chi connectivity index (χ4v) is 2.19. The van der Waals surface area contributed by atoms with Gasteiger partial charge in [-0.05, 0) is 34.7 Å². The van der Waals surface area contributed by atoms with Crippen LogP contribution >= 0.6 is 0 Å². The summed E-state index contributed by atoms with van der Waals surface area (Å²) in [7, 11) is 0. The Morgan fingerprint density at radius 1 is 0.778 bits per heavy atom. The molecule has 0 fully saturated rings. The molecule has 2 aromatic carbocycles. The molecule has 0 aliphatic heterocycles. The summed E-state index contributed by atoms with van der Waals surface area (Å²) >= 11 is 0. The van der Waals surface area contributed by atoms with Crippen LogP contribution < -0.4 is 5.73 Å². The van der Waals surface area contributed by atoms with Crippen molar-refractivity contribution < 1.29 is 0 Å². The van der Waals surface area contributed by atoms with Gasteiger partial charge in [-0.25, -0.2) is 0 Å². The van der Waals surface area contributed by atoms with Gasteiger partial charge in [-0.1, -0.05) is 57.2 Å². The van der Waals surface area contributed by atoms with Crippen molar-refractivity contribution in [3.63, 3.8) is 0 Å². The molecule has 1 unspecified atom stereocenters. The largest absolute Gasteiger partial charge is 0.399 e. The van der Waals surface area contributed by atoms with Crippen LogP contribution in [0, 0.1) is 0 Å². The lowest BCUT2D eigenvalue weighted by molar-refractivity contribution is 0.859. The first kappa shape index (κ1) is 12.7. The van der Waals surface area contributed by atoms with Crippen molar-refractivity contribution in [1.82, 2.24) is 0 Å². The van der Waals surface area contributed by atoms with E-state index in [-0.39, 0.29) is 0 Å². The van der Waals surface area contributed by atoms with Gasteiger partial charge in [0.05, 0.1) is 0 Å². The van der Waals surface area contributed by atoms with Crippen LogP contribution in [0.1, 0.15) is 49.3 Å². The number of hydrogen-bond donors (Lipinski definition) is 1. The number of nitrogens with two attached hydrogens (primary N) is 1. The predicted molar refractivity (Wildman–Crippen MR) is 78.9 cm³/mol. The lowest BCUT2D eigenvalue weighted by Crippen LogP contribution is -1.98. The molecule has 94 valence electrons. The maximum Gasteiger partial charge on any atom is 0.0316 e. The first-order valence-electron chi connectivity index (χ1n) is 6.53. The Morgan fingerprint density at radius 2 is 1.39 bits per heavy atom. The maximum absolute atomic E-state index is 5.84. The topological polar surface area (TPSA) is 26.0 Å². The molecule has 18 heavy (non-hydrogen) atoms. The standard InChI is InChI=1S/C17H21N/c1-12(2)14-7-9-15(10-8-14)13(3)16-5-4-6-17(18)11-16/h4-13H,18H2,1-3H3. The average Bonchev–Trinajstić information content (AvgIpc) is 2.38. The summed E-state index contributed by atoms with van der Waals surface area (Å²) in [6, 6.07) is 17.0. The van der Waals surface area contributed by atoms with E-state index in [1.807, 2.05) is 12.1 Å². The molecule has 0 radical (unpaired) electrons. The summed E-state index contributed by atoms with van der Waals surface area (Å²) in [4.78, 5) is 0. The second-order valence-corrected chi connectivity index (χ2v) is 5.21. The summed E-state index contributed by atoms with van der Waals surface area (Å²) in [5.74, 6) is 0.969. The van der Waals surface area contributed by atoms with E-state index in [1.165, 1.54) is 16.7 Å². The molecule has 2 aromatic rings. The van der Waals surface area contributed by atoms with Crippen LogP contribution in [0.25, 0.3) is 0 Å². The number of anilines is 1. The molecule has 1 heteroatoms. The van der Waals surface area contributed by atoms with Crippen LogP contribution in [0.2, 0.25) is 0 Å². The third kappa shape index (κ3) is 2.73. The highest BCUT2D eigenvalue weighted by molar-refractivity contribution is 5.44. The summed E-state index contributed by atoms with van der Waals surface area (Å²) in [5.41, 5.74) is 10.7. The van der Waals surface area contributed by atoms with Gasteiger partial charge in [0.25, 0.3) is 0 Å². The molecule has 1 nitrogen and oxygen atoms in total. The maximum atomic E-state index is 5.84. The van der Waals surface area contributed by atoms with E-state index in [9.17, 15) is 0 Å². The van der Waals surface area contributed by atoms with E-state index in [0.29, 0.717) is 11.8 Å². The molecule has 0 spiro atoms. The molecule has 0 amide bonds. The molecule has 0 saturated heterocycles. The van der Waals surface area contributed by atoms with Gasteiger partial charge in [-0.15, -0.1) is 0 Å². The Hall–Kier alpha value is -1.76. The molecule has 0 aromatic heterocycles. The number of rotatable bonds is 3. The van der Waals surface area contributed by atoms with Crippen molar-refractivity contribution in [3.05, 3.63) is 65.2 Å². The van der Waals surface area contributed by atoms with Gasteiger partial charge < -0.3 is 5.73 Å². The van der Waals surface area contributed by atoms with Crippen molar-refractivity contribution in [1.29, 1.82) is 0 Å². The van der Waals surface area contributed by atoms with E-state index in [4.69, 9.17) is 5.73 Å². The summed E-state index contributed by atoms with van der Waals surface area (Å²) in [6.45, 7) is 6.66. The van der Waals surface area contributed by atoms with Gasteiger partial charge in [-0.3, -0.25) is 0 Å². The van der Waals surface area contributed by atoms with E-state index < -0.39 is 0 Å². The highest BCUT2D eigenvalue weighted by Crippen LogP contribution is 2.26. The van der Waals surface area contributed by atoms with Crippen LogP contribution in [-0.4, -0.2) is 0 Å². The SMILES string of the molecule is CC(C)c1ccc(C(C)c2cccc(N)c2)cc1. The monoisotopic (exact) mass is 239 g/mol. The zero-order valence-electron chi connectivity index (χ0n) is 11.4. The zero-order chi connectivity index (χ0) is 13.1. The van der Waals surface area contributed by atoms with Crippen LogP contribution in [0.4, 0.5) is 5.69 Å². The average molecular weight is 239 g/mol. The Labute approximate surface area is 110 Å². The first-order valence-corrected chi connectivity index (χ1v) is 6.53. The van der Waals surface area contributed by atoms with Gasteiger partial charge >= 0.3 is 0 Å². The van der Waals surface area contributed by atoms with Gasteiger partial charge in [0.15, 0.2) is 0 Å². The second kappa shape index (κ2) is 5.26. The molecule has 1 atom stereocenters. The third-order valence-electron chi connectivity index (χ3n) is 3.51. The van der Waals surface area contributed by atoms with Crippen LogP contribution in [0.15, 0.2) is 48.5 Å². The minimum absolute atomic E-state index is 0.384. The van der Waals surface area contributed by atoms with E-state index in [0.717, 1.165) is 5.69 Å². The molecule has 2 N–H and O–H groups in total. The van der Waals surface area contributed by atoms with Crippen molar-refractivity contribution in [2.45, 2.75) is 32.6 Å². The smallest absolute Gasteiger partial charge is 0.0316 e. The Morgan fingerprint density at radius 3 is 1.94 bits per heavy atom.